The molecule has 0 radical (unpaired) electrons. The molecule has 0 aromatic rings. The Bertz CT molecular complexity index is 1180. The second-order valence-electron chi connectivity index (χ2n) is 16.6. The van der Waals surface area contributed by atoms with E-state index in [0.717, 1.165) is 54.3 Å². The lowest BCUT2D eigenvalue weighted by atomic mass is 9.61. The van der Waals surface area contributed by atoms with Gasteiger partial charge in [-0.05, 0) is 136 Å². The molecule has 0 aromatic heterocycles. The molecule has 13 unspecified atom stereocenters. The molecular formula is C44H66N2. The minimum atomic E-state index is 0.425. The summed E-state index contributed by atoms with van der Waals surface area (Å²) in [4.78, 5) is 3.06. The van der Waals surface area contributed by atoms with Crippen LogP contribution in [-0.2, 0) is 0 Å². The van der Waals surface area contributed by atoms with E-state index < -0.39 is 0 Å². The van der Waals surface area contributed by atoms with Crippen LogP contribution in [0.25, 0.3) is 0 Å². The first kappa shape index (κ1) is 34.0. The van der Waals surface area contributed by atoms with Crippen LogP contribution in [0.5, 0.6) is 0 Å². The summed E-state index contributed by atoms with van der Waals surface area (Å²) >= 11 is 0. The Morgan fingerprint density at radius 3 is 2.39 bits per heavy atom. The Morgan fingerprint density at radius 2 is 1.65 bits per heavy atom. The first-order valence-electron chi connectivity index (χ1n) is 19.8. The highest BCUT2D eigenvalue weighted by molar-refractivity contribution is 5.57. The van der Waals surface area contributed by atoms with Crippen LogP contribution in [0.3, 0.4) is 0 Å². The standard InChI is InChI=1S/C44H66N2/c1-5-13-39(29-45)35-21-24-36(25-22-35)44-30-46(40-16-7-6-8-17-40)33(4)42(38-26-23-34-14-9-10-15-37(34)28-38)27-20-31(2)32(3)41-18-11-12-19-43(41)44/h6-10,14-16,21,23-24,29,31-33,35-45H,5,11-13,17-20,22,25-28,30H2,1-4H3. The minimum absolute atomic E-state index is 0.425. The Kier molecular flexibility index (Phi) is 11.8. The molecule has 2 fully saturated rings. The Hall–Kier alpha value is -1.93. The lowest BCUT2D eigenvalue weighted by Gasteiger charge is -2.49. The third-order valence-electron chi connectivity index (χ3n) is 14.3. The van der Waals surface area contributed by atoms with Gasteiger partial charge in [-0.3, -0.25) is 4.90 Å². The topological polar surface area (TPSA) is 27.1 Å². The molecule has 1 N–H and O–H groups in total. The highest BCUT2D eigenvalue weighted by atomic mass is 15.2. The summed E-state index contributed by atoms with van der Waals surface area (Å²) in [6.07, 6.45) is 45.8. The number of hydrogen-bond donors (Lipinski definition) is 1. The van der Waals surface area contributed by atoms with E-state index in [1.165, 1.54) is 77.2 Å². The first-order valence-corrected chi connectivity index (χ1v) is 19.8. The van der Waals surface area contributed by atoms with Gasteiger partial charge in [0.25, 0.3) is 0 Å². The summed E-state index contributed by atoms with van der Waals surface area (Å²) < 4.78 is 0. The van der Waals surface area contributed by atoms with Gasteiger partial charge in [-0.25, -0.2) is 0 Å². The molecule has 46 heavy (non-hydrogen) atoms. The van der Waals surface area contributed by atoms with Crippen molar-refractivity contribution in [2.75, 3.05) is 6.54 Å². The maximum atomic E-state index is 8.15. The molecule has 2 heteroatoms. The zero-order valence-corrected chi connectivity index (χ0v) is 29.8. The van der Waals surface area contributed by atoms with Crippen molar-refractivity contribution in [3.8, 4) is 0 Å². The van der Waals surface area contributed by atoms with Crippen molar-refractivity contribution >= 4 is 6.21 Å². The van der Waals surface area contributed by atoms with Crippen LogP contribution in [0.15, 0.2) is 72.4 Å². The van der Waals surface area contributed by atoms with Gasteiger partial charge < -0.3 is 5.41 Å². The Labute approximate surface area is 283 Å². The molecule has 252 valence electrons. The van der Waals surface area contributed by atoms with Gasteiger partial charge in [0.15, 0.2) is 0 Å². The van der Waals surface area contributed by atoms with Crippen molar-refractivity contribution < 1.29 is 0 Å². The van der Waals surface area contributed by atoms with Gasteiger partial charge in [-0.2, -0.15) is 0 Å². The number of rotatable bonds is 7. The van der Waals surface area contributed by atoms with Gasteiger partial charge >= 0.3 is 0 Å². The molecule has 5 aliphatic carbocycles. The number of nitrogens with one attached hydrogen (secondary N) is 1. The zero-order chi connectivity index (χ0) is 32.0. The van der Waals surface area contributed by atoms with Crippen LogP contribution < -0.4 is 0 Å². The third-order valence-corrected chi connectivity index (χ3v) is 14.3. The molecule has 0 bridgehead atoms. The fraction of sp³-hybridized carbons (Fsp3) is 0.705. The highest BCUT2D eigenvalue weighted by Crippen LogP contribution is 2.50. The van der Waals surface area contributed by atoms with Crippen molar-refractivity contribution in [2.24, 2.45) is 65.1 Å². The average molecular weight is 623 g/mol. The van der Waals surface area contributed by atoms with Crippen molar-refractivity contribution in [1.29, 1.82) is 5.41 Å². The molecule has 0 spiro atoms. The summed E-state index contributed by atoms with van der Waals surface area (Å²) in [7, 11) is 0. The van der Waals surface area contributed by atoms with E-state index in [0.29, 0.717) is 35.8 Å². The minimum Gasteiger partial charge on any atom is -0.313 e. The zero-order valence-electron chi connectivity index (χ0n) is 29.8. The van der Waals surface area contributed by atoms with Gasteiger partial charge in [0, 0.05) is 24.5 Å². The van der Waals surface area contributed by atoms with Crippen molar-refractivity contribution in [1.82, 2.24) is 4.90 Å². The summed E-state index contributed by atoms with van der Waals surface area (Å²) in [5.74, 6) is 7.82. The van der Waals surface area contributed by atoms with Gasteiger partial charge in [0.2, 0.25) is 0 Å². The largest absolute Gasteiger partial charge is 0.313 e. The lowest BCUT2D eigenvalue weighted by molar-refractivity contribution is 0.0188. The molecule has 0 aromatic carbocycles. The molecule has 6 rings (SSSR count). The average Bonchev–Trinajstić information content (AvgIpc) is 3.12. The van der Waals surface area contributed by atoms with Gasteiger partial charge in [-0.15, -0.1) is 0 Å². The molecule has 1 saturated carbocycles. The van der Waals surface area contributed by atoms with Crippen LogP contribution >= 0.6 is 0 Å². The van der Waals surface area contributed by atoms with E-state index in [1.54, 1.807) is 11.8 Å². The molecule has 13 atom stereocenters. The molecule has 1 aliphatic heterocycles. The Balaban J connectivity index is 1.35. The quantitative estimate of drug-likeness (QED) is 0.222. The van der Waals surface area contributed by atoms with Crippen molar-refractivity contribution in [3.05, 3.63) is 72.4 Å². The summed E-state index contributed by atoms with van der Waals surface area (Å²) in [6.45, 7) is 11.5. The molecule has 2 nitrogen and oxygen atoms in total. The number of allylic oxidation sites excluding steroid dienone is 10. The van der Waals surface area contributed by atoms with Crippen LogP contribution in [-0.4, -0.2) is 29.7 Å². The number of hydrogen-bond acceptors (Lipinski definition) is 2. The summed E-state index contributed by atoms with van der Waals surface area (Å²) in [6, 6.07) is 1.10. The predicted molar refractivity (Wildman–Crippen MR) is 198 cm³/mol. The van der Waals surface area contributed by atoms with E-state index in [2.05, 4.69) is 99.4 Å². The van der Waals surface area contributed by atoms with E-state index in [-0.39, 0.29) is 0 Å². The summed E-state index contributed by atoms with van der Waals surface area (Å²) in [5.41, 5.74) is 1.57. The Morgan fingerprint density at radius 1 is 0.826 bits per heavy atom. The van der Waals surface area contributed by atoms with Gasteiger partial charge in [-0.1, -0.05) is 113 Å². The predicted octanol–water partition coefficient (Wildman–Crippen LogP) is 11.4. The second kappa shape index (κ2) is 16.0. The fourth-order valence-electron chi connectivity index (χ4n) is 11.3. The molecule has 6 aliphatic rings. The SMILES string of the molecule is CCCC(C=N)C1C=CC(C2CN(C3C=CC=CC3)C(C)C(C3CC=C4C=CC=CC4C3)CCC(C)C(C)C3CCCCC23)CC1. The van der Waals surface area contributed by atoms with Gasteiger partial charge in [0.05, 0.1) is 0 Å². The first-order chi connectivity index (χ1) is 22.5. The van der Waals surface area contributed by atoms with Gasteiger partial charge in [0.1, 0.15) is 0 Å². The third kappa shape index (κ3) is 7.53. The van der Waals surface area contributed by atoms with Crippen LogP contribution in [0.2, 0.25) is 0 Å². The maximum Gasteiger partial charge on any atom is 0.0318 e. The van der Waals surface area contributed by atoms with Crippen molar-refractivity contribution in [3.63, 3.8) is 0 Å². The molecule has 1 saturated heterocycles. The fourth-order valence-corrected chi connectivity index (χ4v) is 11.3. The monoisotopic (exact) mass is 623 g/mol. The van der Waals surface area contributed by atoms with Crippen LogP contribution in [0.4, 0.5) is 0 Å². The smallest absolute Gasteiger partial charge is 0.0318 e. The van der Waals surface area contributed by atoms with E-state index in [1.807, 2.05) is 0 Å². The lowest BCUT2D eigenvalue weighted by Crippen LogP contribution is -2.51. The highest BCUT2D eigenvalue weighted by Gasteiger charge is 2.44. The molecular weight excluding hydrogens is 556 g/mol. The summed E-state index contributed by atoms with van der Waals surface area (Å²) in [5, 5.41) is 8.15. The van der Waals surface area contributed by atoms with Crippen molar-refractivity contribution in [2.45, 2.75) is 123 Å². The number of fused-ring (bicyclic) bond motifs is 2. The van der Waals surface area contributed by atoms with Crippen LogP contribution in [0.1, 0.15) is 111 Å². The maximum absolute atomic E-state index is 8.15. The van der Waals surface area contributed by atoms with E-state index in [4.69, 9.17) is 5.41 Å². The molecule has 0 amide bonds. The van der Waals surface area contributed by atoms with E-state index in [9.17, 15) is 0 Å². The normalized spacial score (nSPS) is 42.4. The van der Waals surface area contributed by atoms with Crippen LogP contribution in [0, 0.1) is 70.5 Å². The van der Waals surface area contributed by atoms with E-state index >= 15 is 0 Å². The molecule has 1 heterocycles. The number of nitrogens with zero attached hydrogens (tertiary/aromatic N) is 1. The second-order valence-corrected chi connectivity index (χ2v) is 16.6.